The van der Waals surface area contributed by atoms with Crippen LogP contribution in [0.3, 0.4) is 0 Å². The van der Waals surface area contributed by atoms with Gasteiger partial charge < -0.3 is 0 Å². The van der Waals surface area contributed by atoms with Crippen molar-refractivity contribution in [2.24, 2.45) is 0 Å². The summed E-state index contributed by atoms with van der Waals surface area (Å²) in [7, 11) is 4.14. The van der Waals surface area contributed by atoms with Crippen LogP contribution in [0, 0.1) is 0 Å². The molecule has 0 N–H and O–H groups in total. The molecule has 0 amide bonds. The molecule has 0 rings (SSSR count). The van der Waals surface area contributed by atoms with E-state index in [-0.39, 0.29) is 0 Å². The van der Waals surface area contributed by atoms with E-state index in [4.69, 9.17) is 0 Å². The molecule has 0 aromatic heterocycles. The molecule has 1 atom stereocenters. The van der Waals surface area contributed by atoms with Crippen LogP contribution < -0.4 is 0 Å². The molecule has 0 spiro atoms. The van der Waals surface area contributed by atoms with Crippen molar-refractivity contribution >= 4 is 16.9 Å². The summed E-state index contributed by atoms with van der Waals surface area (Å²) in [4.78, 5) is 2.15. The fourth-order valence-corrected chi connectivity index (χ4v) is 0. The molecule has 1 unspecified atom stereocenters. The predicted molar refractivity (Wildman–Crippen MR) is 27.1 cm³/mol. The second-order valence-electron chi connectivity index (χ2n) is 1.26. The van der Waals surface area contributed by atoms with E-state index < -0.39 is 0 Å². The summed E-state index contributed by atoms with van der Waals surface area (Å²) in [6, 6.07) is 0. The van der Waals surface area contributed by atoms with Crippen LogP contribution in [0.4, 0.5) is 0 Å². The zero-order valence-corrected chi connectivity index (χ0v) is 6.15. The SMILES string of the molecule is CN(C)C[AsH2]. The van der Waals surface area contributed by atoms with Gasteiger partial charge in [0.2, 0.25) is 0 Å². The van der Waals surface area contributed by atoms with Crippen LogP contribution in [0.5, 0.6) is 0 Å². The molecule has 0 heterocycles. The second kappa shape index (κ2) is 2.74. The van der Waals surface area contributed by atoms with Gasteiger partial charge in [-0.1, -0.05) is 0 Å². The fraction of sp³-hybridized carbons (Fsp3) is 1.00. The van der Waals surface area contributed by atoms with Crippen LogP contribution >= 0.6 is 0 Å². The van der Waals surface area contributed by atoms with E-state index in [1.54, 1.807) is 16.9 Å². The number of hydrogen-bond acceptors (Lipinski definition) is 1. The molecule has 1 nitrogen and oxygen atoms in total. The molecular weight excluding hydrogens is 125 g/mol. The molecule has 0 bridgehead atoms. The van der Waals surface area contributed by atoms with Gasteiger partial charge in [0.25, 0.3) is 0 Å². The molecule has 0 aromatic rings. The second-order valence-corrected chi connectivity index (χ2v) is 2.03. The first kappa shape index (κ1) is 5.52. The van der Waals surface area contributed by atoms with Crippen molar-refractivity contribution in [3.63, 3.8) is 0 Å². The third kappa shape index (κ3) is 4.52. The summed E-state index contributed by atoms with van der Waals surface area (Å²) in [6.45, 7) is 0. The van der Waals surface area contributed by atoms with Crippen molar-refractivity contribution in [2.45, 2.75) is 0 Å². The zero-order chi connectivity index (χ0) is 4.28. The molecule has 2 heteroatoms. The Kier molecular flexibility index (Phi) is 3.02. The Labute approximate surface area is 41.8 Å². The Bertz CT molecular complexity index is 20.9. The molecule has 0 radical (unpaired) electrons. The van der Waals surface area contributed by atoms with E-state index in [1.807, 2.05) is 0 Å². The van der Waals surface area contributed by atoms with Gasteiger partial charge >= 0.3 is 41.2 Å². The summed E-state index contributed by atoms with van der Waals surface area (Å²) >= 11 is 1.75. The molecule has 0 fully saturated rings. The summed E-state index contributed by atoms with van der Waals surface area (Å²) in [5.41, 5.74) is 0. The average molecular weight is 135 g/mol. The molecule has 0 aliphatic carbocycles. The van der Waals surface area contributed by atoms with Gasteiger partial charge in [-0.05, 0) is 0 Å². The van der Waals surface area contributed by atoms with Gasteiger partial charge in [0.05, 0.1) is 0 Å². The van der Waals surface area contributed by atoms with E-state index >= 15 is 0 Å². The minimum absolute atomic E-state index is 1.20. The van der Waals surface area contributed by atoms with Crippen molar-refractivity contribution < 1.29 is 0 Å². The summed E-state index contributed by atoms with van der Waals surface area (Å²) < 4.78 is 0. The van der Waals surface area contributed by atoms with E-state index in [9.17, 15) is 0 Å². The monoisotopic (exact) mass is 135 g/mol. The van der Waals surface area contributed by atoms with Crippen LogP contribution in [0.2, 0.25) is 0 Å². The number of nitrogens with zero attached hydrogens (tertiary/aromatic N) is 1. The normalized spacial score (nSPS) is 9.60. The molecule has 0 saturated carbocycles. The average Bonchev–Trinajstić information content (AvgIpc) is 1.38. The maximum atomic E-state index is 2.15. The predicted octanol–water partition coefficient (Wildman–Crippen LogP) is -0.861. The molecular formula is C3H10AsN. The molecule has 5 heavy (non-hydrogen) atoms. The minimum atomic E-state index is 1.20. The van der Waals surface area contributed by atoms with Gasteiger partial charge in [-0.15, -0.1) is 0 Å². The number of rotatable bonds is 1. The van der Waals surface area contributed by atoms with E-state index in [1.165, 1.54) is 5.33 Å². The summed E-state index contributed by atoms with van der Waals surface area (Å²) in [5, 5.41) is 1.20. The van der Waals surface area contributed by atoms with Crippen LogP contribution in [0.25, 0.3) is 0 Å². The van der Waals surface area contributed by atoms with Gasteiger partial charge in [0, 0.05) is 0 Å². The van der Waals surface area contributed by atoms with E-state index in [2.05, 4.69) is 19.0 Å². The van der Waals surface area contributed by atoms with Crippen LogP contribution in [-0.2, 0) is 0 Å². The van der Waals surface area contributed by atoms with Crippen LogP contribution in [-0.4, -0.2) is 41.2 Å². The third-order valence-electron chi connectivity index (χ3n) is 0.365. The van der Waals surface area contributed by atoms with Gasteiger partial charge in [0.1, 0.15) is 0 Å². The van der Waals surface area contributed by atoms with Gasteiger partial charge in [-0.3, -0.25) is 0 Å². The molecule has 32 valence electrons. The van der Waals surface area contributed by atoms with Crippen LogP contribution in [0.15, 0.2) is 0 Å². The quantitative estimate of drug-likeness (QED) is 0.423. The Morgan fingerprint density at radius 1 is 1.60 bits per heavy atom. The third-order valence-corrected chi connectivity index (χ3v) is 1.90. The van der Waals surface area contributed by atoms with E-state index in [0.717, 1.165) is 0 Å². The molecule has 0 aromatic carbocycles. The van der Waals surface area contributed by atoms with Crippen molar-refractivity contribution in [1.82, 2.24) is 4.90 Å². The van der Waals surface area contributed by atoms with Crippen molar-refractivity contribution in [1.29, 1.82) is 0 Å². The van der Waals surface area contributed by atoms with Gasteiger partial charge in [-0.2, -0.15) is 0 Å². The number of hydrogen-bond donors (Lipinski definition) is 0. The first-order valence-corrected chi connectivity index (χ1v) is 3.33. The van der Waals surface area contributed by atoms with Crippen molar-refractivity contribution in [3.05, 3.63) is 0 Å². The maximum absolute atomic E-state index is 2.15. The van der Waals surface area contributed by atoms with E-state index in [0.29, 0.717) is 0 Å². The first-order valence-electron chi connectivity index (χ1n) is 1.62. The molecule has 0 aliphatic heterocycles. The topological polar surface area (TPSA) is 3.24 Å². The zero-order valence-electron chi connectivity index (χ0n) is 3.73. The van der Waals surface area contributed by atoms with Crippen LogP contribution in [0.1, 0.15) is 0 Å². The Morgan fingerprint density at radius 3 is 1.80 bits per heavy atom. The van der Waals surface area contributed by atoms with Gasteiger partial charge in [-0.25, -0.2) is 0 Å². The Hall–Kier alpha value is 0.518. The summed E-state index contributed by atoms with van der Waals surface area (Å²) in [6.07, 6.45) is 0. The summed E-state index contributed by atoms with van der Waals surface area (Å²) in [5.74, 6) is 0. The van der Waals surface area contributed by atoms with Crippen molar-refractivity contribution in [2.75, 3.05) is 19.4 Å². The molecule has 0 aliphatic rings. The standard InChI is InChI=1S/C3H10AsN/c1-5(2)3-4/h3-4H2,1-2H3. The van der Waals surface area contributed by atoms with Crippen molar-refractivity contribution in [3.8, 4) is 0 Å². The Balaban J connectivity index is 2.54. The van der Waals surface area contributed by atoms with Gasteiger partial charge in [0.15, 0.2) is 0 Å². The first-order chi connectivity index (χ1) is 2.27. The Morgan fingerprint density at radius 2 is 1.80 bits per heavy atom. The fourth-order valence-electron chi connectivity index (χ4n) is 0. The molecule has 0 saturated heterocycles.